The fourth-order valence-electron chi connectivity index (χ4n) is 3.30. The SMILES string of the molecule is Nc1cc(Cl)c(C2(c3noc(C4CCOCC4)n3)CC2)c(Cl)c1. The molecule has 122 valence electrons. The van der Waals surface area contributed by atoms with Crippen molar-refractivity contribution in [1.82, 2.24) is 10.1 Å². The molecule has 2 aliphatic rings. The van der Waals surface area contributed by atoms with Crippen LogP contribution in [0.3, 0.4) is 0 Å². The topological polar surface area (TPSA) is 74.2 Å². The highest BCUT2D eigenvalue weighted by atomic mass is 35.5. The van der Waals surface area contributed by atoms with Crippen LogP contribution < -0.4 is 5.73 Å². The molecule has 1 aliphatic carbocycles. The van der Waals surface area contributed by atoms with Gasteiger partial charge in [0, 0.05) is 40.4 Å². The molecule has 2 heterocycles. The minimum absolute atomic E-state index is 0.276. The molecule has 23 heavy (non-hydrogen) atoms. The molecule has 2 N–H and O–H groups in total. The summed E-state index contributed by atoms with van der Waals surface area (Å²) >= 11 is 12.8. The van der Waals surface area contributed by atoms with Gasteiger partial charge in [0.1, 0.15) is 0 Å². The molecule has 0 unspecified atom stereocenters. The zero-order valence-electron chi connectivity index (χ0n) is 12.5. The van der Waals surface area contributed by atoms with Crippen molar-refractivity contribution in [3.05, 3.63) is 39.5 Å². The Morgan fingerprint density at radius 2 is 1.78 bits per heavy atom. The van der Waals surface area contributed by atoms with Gasteiger partial charge in [0.25, 0.3) is 0 Å². The maximum absolute atomic E-state index is 6.40. The Kier molecular flexibility index (Phi) is 3.75. The van der Waals surface area contributed by atoms with E-state index in [1.165, 1.54) is 0 Å². The summed E-state index contributed by atoms with van der Waals surface area (Å²) in [6.45, 7) is 1.48. The second-order valence-corrected chi connectivity index (χ2v) is 7.10. The molecule has 1 aromatic carbocycles. The number of nitrogens with zero attached hydrogens (tertiary/aromatic N) is 2. The summed E-state index contributed by atoms with van der Waals surface area (Å²) < 4.78 is 10.9. The molecule has 5 nitrogen and oxygen atoms in total. The molecule has 4 rings (SSSR count). The molecule has 1 aromatic heterocycles. The number of aromatic nitrogens is 2. The number of anilines is 1. The Morgan fingerprint density at radius 1 is 1.13 bits per heavy atom. The first kappa shape index (κ1) is 15.2. The summed E-state index contributed by atoms with van der Waals surface area (Å²) in [5, 5.41) is 5.35. The molecule has 0 spiro atoms. The van der Waals surface area contributed by atoms with Gasteiger partial charge in [-0.2, -0.15) is 4.98 Å². The van der Waals surface area contributed by atoms with Crippen molar-refractivity contribution in [3.8, 4) is 0 Å². The first-order chi connectivity index (χ1) is 11.1. The van der Waals surface area contributed by atoms with E-state index in [1.807, 2.05) is 0 Å². The van der Waals surface area contributed by atoms with Crippen LogP contribution in [0.25, 0.3) is 0 Å². The highest BCUT2D eigenvalue weighted by Gasteiger charge is 2.52. The lowest BCUT2D eigenvalue weighted by Crippen LogP contribution is -2.16. The van der Waals surface area contributed by atoms with Crippen molar-refractivity contribution in [2.24, 2.45) is 0 Å². The predicted octanol–water partition coefficient (Wildman–Crippen LogP) is 3.93. The van der Waals surface area contributed by atoms with Crippen LogP contribution >= 0.6 is 23.2 Å². The predicted molar refractivity (Wildman–Crippen MR) is 88.0 cm³/mol. The molecule has 1 saturated heterocycles. The Bertz CT molecular complexity index is 714. The van der Waals surface area contributed by atoms with Crippen LogP contribution in [-0.2, 0) is 10.2 Å². The number of benzene rings is 1. The average molecular weight is 354 g/mol. The Labute approximate surface area is 144 Å². The fraction of sp³-hybridized carbons (Fsp3) is 0.500. The largest absolute Gasteiger partial charge is 0.399 e. The average Bonchev–Trinajstić information content (AvgIpc) is 3.15. The van der Waals surface area contributed by atoms with Crippen molar-refractivity contribution in [2.45, 2.75) is 37.0 Å². The van der Waals surface area contributed by atoms with E-state index in [2.05, 4.69) is 10.1 Å². The highest BCUT2D eigenvalue weighted by molar-refractivity contribution is 6.36. The minimum Gasteiger partial charge on any atom is -0.399 e. The summed E-state index contributed by atoms with van der Waals surface area (Å²) in [6, 6.07) is 3.45. The van der Waals surface area contributed by atoms with Gasteiger partial charge in [-0.1, -0.05) is 28.4 Å². The first-order valence-electron chi connectivity index (χ1n) is 7.77. The molecule has 0 amide bonds. The van der Waals surface area contributed by atoms with Crippen molar-refractivity contribution in [2.75, 3.05) is 18.9 Å². The summed E-state index contributed by atoms with van der Waals surface area (Å²) in [5.41, 5.74) is 6.87. The number of halogens is 2. The number of rotatable bonds is 3. The van der Waals surface area contributed by atoms with E-state index in [4.69, 9.17) is 38.2 Å². The third kappa shape index (κ3) is 2.61. The maximum atomic E-state index is 6.40. The standard InChI is InChI=1S/C16H17Cl2N3O2/c17-11-7-10(19)8-12(18)13(11)16(3-4-16)15-20-14(23-21-15)9-1-5-22-6-2-9/h7-9H,1-6,19H2. The second kappa shape index (κ2) is 5.65. The molecular weight excluding hydrogens is 337 g/mol. The lowest BCUT2D eigenvalue weighted by Gasteiger charge is -2.18. The van der Waals surface area contributed by atoms with Crippen molar-refractivity contribution < 1.29 is 9.26 Å². The molecule has 0 bridgehead atoms. The zero-order chi connectivity index (χ0) is 16.0. The van der Waals surface area contributed by atoms with E-state index in [0.717, 1.165) is 44.5 Å². The molecule has 0 radical (unpaired) electrons. The normalized spacial score (nSPS) is 20.6. The Morgan fingerprint density at radius 3 is 2.39 bits per heavy atom. The van der Waals surface area contributed by atoms with Crippen molar-refractivity contribution in [3.63, 3.8) is 0 Å². The van der Waals surface area contributed by atoms with E-state index in [0.29, 0.717) is 27.4 Å². The quantitative estimate of drug-likeness (QED) is 0.846. The molecule has 1 aliphatic heterocycles. The fourth-order valence-corrected chi connectivity index (χ4v) is 4.17. The van der Waals surface area contributed by atoms with Crippen LogP contribution in [0, 0.1) is 0 Å². The van der Waals surface area contributed by atoms with Gasteiger partial charge in [-0.05, 0) is 37.8 Å². The van der Waals surface area contributed by atoms with Crippen LogP contribution in [0.5, 0.6) is 0 Å². The van der Waals surface area contributed by atoms with E-state index in [-0.39, 0.29) is 11.3 Å². The van der Waals surface area contributed by atoms with Gasteiger partial charge in [-0.25, -0.2) is 0 Å². The number of hydrogen-bond acceptors (Lipinski definition) is 5. The lowest BCUT2D eigenvalue weighted by molar-refractivity contribution is 0.0778. The Balaban J connectivity index is 1.69. The van der Waals surface area contributed by atoms with Gasteiger partial charge in [-0.3, -0.25) is 0 Å². The van der Waals surface area contributed by atoms with Gasteiger partial charge >= 0.3 is 0 Å². The van der Waals surface area contributed by atoms with Gasteiger partial charge in [0.05, 0.1) is 5.41 Å². The third-order valence-electron chi connectivity index (χ3n) is 4.73. The van der Waals surface area contributed by atoms with Crippen LogP contribution in [0.4, 0.5) is 5.69 Å². The summed E-state index contributed by atoms with van der Waals surface area (Å²) in [7, 11) is 0. The third-order valence-corrected chi connectivity index (χ3v) is 5.33. The summed E-state index contributed by atoms with van der Waals surface area (Å²) in [5.74, 6) is 1.64. The molecular formula is C16H17Cl2N3O2. The monoisotopic (exact) mass is 353 g/mol. The highest BCUT2D eigenvalue weighted by Crippen LogP contribution is 2.56. The van der Waals surface area contributed by atoms with Crippen molar-refractivity contribution in [1.29, 1.82) is 0 Å². The van der Waals surface area contributed by atoms with Crippen LogP contribution in [0.2, 0.25) is 10.0 Å². The Hall–Kier alpha value is -1.30. The zero-order valence-corrected chi connectivity index (χ0v) is 14.0. The molecule has 1 saturated carbocycles. The molecule has 0 atom stereocenters. The van der Waals surface area contributed by atoms with Gasteiger partial charge < -0.3 is 15.0 Å². The summed E-state index contributed by atoms with van der Waals surface area (Å²) in [4.78, 5) is 4.67. The number of hydrogen-bond donors (Lipinski definition) is 1. The first-order valence-corrected chi connectivity index (χ1v) is 8.52. The smallest absolute Gasteiger partial charge is 0.229 e. The number of nitrogen functional groups attached to an aromatic ring is 1. The van der Waals surface area contributed by atoms with E-state index >= 15 is 0 Å². The maximum Gasteiger partial charge on any atom is 0.229 e. The van der Waals surface area contributed by atoms with Crippen LogP contribution in [0.15, 0.2) is 16.7 Å². The van der Waals surface area contributed by atoms with Gasteiger partial charge in [0.2, 0.25) is 5.89 Å². The van der Waals surface area contributed by atoms with Gasteiger partial charge in [-0.15, -0.1) is 0 Å². The molecule has 7 heteroatoms. The van der Waals surface area contributed by atoms with E-state index in [9.17, 15) is 0 Å². The van der Waals surface area contributed by atoms with Crippen molar-refractivity contribution >= 4 is 28.9 Å². The number of ether oxygens (including phenoxy) is 1. The van der Waals surface area contributed by atoms with E-state index in [1.54, 1.807) is 12.1 Å². The van der Waals surface area contributed by atoms with Crippen LogP contribution in [0.1, 0.15) is 48.9 Å². The number of nitrogens with two attached hydrogens (primary N) is 1. The van der Waals surface area contributed by atoms with E-state index < -0.39 is 0 Å². The van der Waals surface area contributed by atoms with Crippen LogP contribution in [-0.4, -0.2) is 23.4 Å². The molecule has 2 aromatic rings. The lowest BCUT2D eigenvalue weighted by atomic mass is 9.94. The minimum atomic E-state index is -0.339. The summed E-state index contributed by atoms with van der Waals surface area (Å²) in [6.07, 6.45) is 3.64. The second-order valence-electron chi connectivity index (χ2n) is 6.28. The molecule has 2 fully saturated rings. The van der Waals surface area contributed by atoms with Gasteiger partial charge in [0.15, 0.2) is 5.82 Å².